The maximum atomic E-state index is 13.0. The van der Waals surface area contributed by atoms with Crippen molar-refractivity contribution in [2.75, 3.05) is 39.8 Å². The van der Waals surface area contributed by atoms with Gasteiger partial charge in [-0.05, 0) is 44.7 Å². The molecule has 1 N–H and O–H groups in total. The molecule has 2 heterocycles. The van der Waals surface area contributed by atoms with E-state index >= 15 is 0 Å². The highest BCUT2D eigenvalue weighted by atomic mass is 35.5. The van der Waals surface area contributed by atoms with Crippen LogP contribution in [0.25, 0.3) is 0 Å². The highest BCUT2D eigenvalue weighted by Crippen LogP contribution is 2.39. The van der Waals surface area contributed by atoms with Crippen LogP contribution in [0.4, 0.5) is 4.79 Å². The standard InChI is InChI=1S/C19H32N4O3.ClH/c1-3-20-13-15-7-11-22(12-8-15)16(24)14-23-17(25)19(21(2)18(23)26)9-5-4-6-10-19;/h15,20H,3-14H2,1-2H3;1H. The summed E-state index contributed by atoms with van der Waals surface area (Å²) in [5.41, 5.74) is -0.700. The summed E-state index contributed by atoms with van der Waals surface area (Å²) in [6.07, 6.45) is 6.42. The van der Waals surface area contributed by atoms with Crippen LogP contribution in [0.15, 0.2) is 0 Å². The van der Waals surface area contributed by atoms with Crippen molar-refractivity contribution in [1.82, 2.24) is 20.0 Å². The summed E-state index contributed by atoms with van der Waals surface area (Å²) in [6, 6.07) is -0.313. The van der Waals surface area contributed by atoms with Crippen LogP contribution in [-0.4, -0.2) is 77.9 Å². The van der Waals surface area contributed by atoms with Gasteiger partial charge in [0.25, 0.3) is 5.91 Å². The van der Waals surface area contributed by atoms with Gasteiger partial charge in [0.05, 0.1) is 0 Å². The van der Waals surface area contributed by atoms with Crippen LogP contribution in [0.3, 0.4) is 0 Å². The Morgan fingerprint density at radius 1 is 1.15 bits per heavy atom. The van der Waals surface area contributed by atoms with Crippen molar-refractivity contribution in [3.05, 3.63) is 0 Å². The van der Waals surface area contributed by atoms with Gasteiger partial charge in [0.15, 0.2) is 0 Å². The average Bonchev–Trinajstić information content (AvgIpc) is 2.83. The van der Waals surface area contributed by atoms with Crippen molar-refractivity contribution >= 4 is 30.3 Å². The summed E-state index contributed by atoms with van der Waals surface area (Å²) in [6.45, 7) is 5.38. The quantitative estimate of drug-likeness (QED) is 0.715. The Morgan fingerprint density at radius 2 is 1.78 bits per heavy atom. The first-order chi connectivity index (χ1) is 12.5. The number of halogens is 1. The predicted molar refractivity (Wildman–Crippen MR) is 106 cm³/mol. The molecule has 2 saturated heterocycles. The Labute approximate surface area is 168 Å². The molecular formula is C19H33ClN4O3. The van der Waals surface area contributed by atoms with E-state index in [9.17, 15) is 14.4 Å². The van der Waals surface area contributed by atoms with Crippen LogP contribution < -0.4 is 5.32 Å². The van der Waals surface area contributed by atoms with Gasteiger partial charge in [0.1, 0.15) is 12.1 Å². The number of urea groups is 1. The van der Waals surface area contributed by atoms with Crippen molar-refractivity contribution in [2.24, 2.45) is 5.92 Å². The van der Waals surface area contributed by atoms with Crippen molar-refractivity contribution in [1.29, 1.82) is 0 Å². The molecule has 0 aromatic carbocycles. The van der Waals surface area contributed by atoms with E-state index in [1.54, 1.807) is 11.9 Å². The van der Waals surface area contributed by atoms with E-state index < -0.39 is 5.54 Å². The van der Waals surface area contributed by atoms with Crippen LogP contribution >= 0.6 is 12.4 Å². The second kappa shape index (κ2) is 9.24. The van der Waals surface area contributed by atoms with Gasteiger partial charge in [-0.15, -0.1) is 12.4 Å². The van der Waals surface area contributed by atoms with Gasteiger partial charge < -0.3 is 15.1 Å². The molecule has 1 aliphatic carbocycles. The molecule has 3 aliphatic rings. The lowest BCUT2D eigenvalue weighted by molar-refractivity contribution is -0.141. The summed E-state index contributed by atoms with van der Waals surface area (Å²) in [5.74, 6) is 0.334. The number of piperidine rings is 1. The lowest BCUT2D eigenvalue weighted by Crippen LogP contribution is -2.50. The molecule has 0 bridgehead atoms. The number of carbonyl (C=O) groups is 3. The number of carbonyl (C=O) groups excluding carboxylic acids is 3. The number of nitrogens with one attached hydrogen (secondary N) is 1. The molecule has 8 heteroatoms. The van der Waals surface area contributed by atoms with Gasteiger partial charge in [-0.25, -0.2) is 4.79 Å². The maximum absolute atomic E-state index is 13.0. The Balaban J connectivity index is 0.00000261. The number of hydrogen-bond donors (Lipinski definition) is 1. The zero-order chi connectivity index (χ0) is 18.7. The van der Waals surface area contributed by atoms with Crippen LogP contribution in [0.2, 0.25) is 0 Å². The largest absolute Gasteiger partial charge is 0.341 e. The van der Waals surface area contributed by atoms with E-state index in [1.807, 2.05) is 4.90 Å². The molecule has 154 valence electrons. The van der Waals surface area contributed by atoms with E-state index in [1.165, 1.54) is 4.90 Å². The summed E-state index contributed by atoms with van der Waals surface area (Å²) in [7, 11) is 1.71. The predicted octanol–water partition coefficient (Wildman–Crippen LogP) is 1.85. The smallest absolute Gasteiger partial charge is 0.327 e. The SMILES string of the molecule is CCNCC1CCN(C(=O)CN2C(=O)N(C)C3(CCCCC3)C2=O)CC1.Cl. The molecular weight excluding hydrogens is 368 g/mol. The third-order valence-corrected chi connectivity index (χ3v) is 6.43. The number of imide groups is 1. The molecule has 0 aromatic rings. The molecule has 2 aliphatic heterocycles. The maximum Gasteiger partial charge on any atom is 0.327 e. The molecule has 3 rings (SSSR count). The normalized spacial score (nSPS) is 23.1. The van der Waals surface area contributed by atoms with Gasteiger partial charge in [-0.2, -0.15) is 0 Å². The first-order valence-electron chi connectivity index (χ1n) is 10.1. The Hall–Kier alpha value is -1.34. The molecule has 3 fully saturated rings. The van der Waals surface area contributed by atoms with Crippen molar-refractivity contribution < 1.29 is 14.4 Å². The fourth-order valence-corrected chi connectivity index (χ4v) is 4.64. The first kappa shape index (κ1) is 22.0. The first-order valence-corrected chi connectivity index (χ1v) is 10.1. The lowest BCUT2D eigenvalue weighted by atomic mass is 9.81. The van der Waals surface area contributed by atoms with E-state index in [0.717, 1.165) is 45.2 Å². The third kappa shape index (κ3) is 4.24. The summed E-state index contributed by atoms with van der Waals surface area (Å²) >= 11 is 0. The molecule has 7 nitrogen and oxygen atoms in total. The second-order valence-electron chi connectivity index (χ2n) is 7.96. The highest BCUT2D eigenvalue weighted by Gasteiger charge is 2.56. The van der Waals surface area contributed by atoms with Gasteiger partial charge in [-0.3, -0.25) is 14.5 Å². The Kier molecular flexibility index (Phi) is 7.51. The minimum absolute atomic E-state index is 0. The minimum atomic E-state index is -0.700. The van der Waals surface area contributed by atoms with Crippen molar-refractivity contribution in [3.63, 3.8) is 0 Å². The van der Waals surface area contributed by atoms with Crippen LogP contribution in [0, 0.1) is 5.92 Å². The van der Waals surface area contributed by atoms with Crippen molar-refractivity contribution in [2.45, 2.75) is 57.4 Å². The highest BCUT2D eigenvalue weighted by molar-refractivity contribution is 6.08. The second-order valence-corrected chi connectivity index (χ2v) is 7.96. The molecule has 0 aromatic heterocycles. The van der Waals surface area contributed by atoms with Gasteiger partial charge in [-0.1, -0.05) is 26.2 Å². The van der Waals surface area contributed by atoms with Gasteiger partial charge in [0, 0.05) is 20.1 Å². The van der Waals surface area contributed by atoms with E-state index in [2.05, 4.69) is 12.2 Å². The zero-order valence-electron chi connectivity index (χ0n) is 16.5. The Morgan fingerprint density at radius 3 is 2.37 bits per heavy atom. The molecule has 27 heavy (non-hydrogen) atoms. The summed E-state index contributed by atoms with van der Waals surface area (Å²) in [5, 5.41) is 3.36. The molecule has 4 amide bonds. The number of amides is 4. The summed E-state index contributed by atoms with van der Waals surface area (Å²) < 4.78 is 0. The number of likely N-dealkylation sites (tertiary alicyclic amines) is 1. The molecule has 0 radical (unpaired) electrons. The number of likely N-dealkylation sites (N-methyl/N-ethyl adjacent to an activating group) is 1. The molecule has 0 unspecified atom stereocenters. The van der Waals surface area contributed by atoms with Crippen LogP contribution in [0.1, 0.15) is 51.9 Å². The topological polar surface area (TPSA) is 73.0 Å². The lowest BCUT2D eigenvalue weighted by Gasteiger charge is -2.36. The van der Waals surface area contributed by atoms with Crippen LogP contribution in [-0.2, 0) is 9.59 Å². The van der Waals surface area contributed by atoms with Crippen molar-refractivity contribution in [3.8, 4) is 0 Å². The summed E-state index contributed by atoms with van der Waals surface area (Å²) in [4.78, 5) is 42.9. The van der Waals surface area contributed by atoms with E-state index in [0.29, 0.717) is 31.8 Å². The third-order valence-electron chi connectivity index (χ3n) is 6.43. The molecule has 1 saturated carbocycles. The van der Waals surface area contributed by atoms with Gasteiger partial charge in [0.2, 0.25) is 5.91 Å². The number of hydrogen-bond acceptors (Lipinski definition) is 4. The van der Waals surface area contributed by atoms with E-state index in [-0.39, 0.29) is 36.8 Å². The molecule has 0 atom stereocenters. The Bertz CT molecular complexity index is 557. The van der Waals surface area contributed by atoms with E-state index in [4.69, 9.17) is 0 Å². The fourth-order valence-electron chi connectivity index (χ4n) is 4.64. The monoisotopic (exact) mass is 400 g/mol. The minimum Gasteiger partial charge on any atom is -0.341 e. The van der Waals surface area contributed by atoms with Gasteiger partial charge >= 0.3 is 6.03 Å². The number of rotatable bonds is 5. The number of nitrogens with zero attached hydrogens (tertiary/aromatic N) is 3. The van der Waals surface area contributed by atoms with Crippen LogP contribution in [0.5, 0.6) is 0 Å². The fraction of sp³-hybridized carbons (Fsp3) is 0.842. The zero-order valence-corrected chi connectivity index (χ0v) is 17.4. The molecule has 1 spiro atoms. The average molecular weight is 401 g/mol.